The molecule has 1 unspecified atom stereocenters. The van der Waals surface area contributed by atoms with Gasteiger partial charge in [-0.3, -0.25) is 4.79 Å². The molecule has 0 saturated heterocycles. The second-order valence-corrected chi connectivity index (χ2v) is 7.36. The van der Waals surface area contributed by atoms with Crippen molar-refractivity contribution in [2.75, 3.05) is 13.2 Å². The van der Waals surface area contributed by atoms with Crippen LogP contribution >= 0.6 is 0 Å². The molecule has 1 N–H and O–H groups in total. The van der Waals surface area contributed by atoms with Gasteiger partial charge in [0.05, 0.1) is 0 Å². The number of unbranched alkanes of at least 4 members (excludes halogenated alkanes) is 3. The fraction of sp³-hybridized carbons (Fsp3) is 0.640. The van der Waals surface area contributed by atoms with Gasteiger partial charge < -0.3 is 5.32 Å². The number of hydrogen-bond acceptors (Lipinski definition) is 1. The largest absolute Gasteiger partial charge is 0.353 e. The van der Waals surface area contributed by atoms with Crippen molar-refractivity contribution in [2.45, 2.75) is 84.5 Å². The number of rotatable bonds is 18. The molecule has 0 aliphatic heterocycles. The quantitative estimate of drug-likeness (QED) is 0.193. The molecule has 0 aliphatic rings. The predicted octanol–water partition coefficient (Wildman–Crippen LogP) is 7.24. The maximum atomic E-state index is 11.9. The molecule has 0 aromatic carbocycles. The van der Waals surface area contributed by atoms with E-state index in [4.69, 9.17) is 0 Å². The zero-order valence-electron chi connectivity index (χ0n) is 18.2. The van der Waals surface area contributed by atoms with Crippen LogP contribution in [-0.4, -0.2) is 19.1 Å². The smallest absolute Gasteiger partial charge is 0.220 e. The van der Waals surface area contributed by atoms with Gasteiger partial charge in [-0.1, -0.05) is 88.1 Å². The molecule has 0 aliphatic carbocycles. The van der Waals surface area contributed by atoms with Gasteiger partial charge in [-0.25, -0.2) is 4.39 Å². The monoisotopic (exact) mass is 391 g/mol. The number of halogens is 1. The highest BCUT2D eigenvalue weighted by atomic mass is 19.1. The van der Waals surface area contributed by atoms with E-state index < -0.39 is 6.67 Å². The Morgan fingerprint density at radius 1 is 0.893 bits per heavy atom. The van der Waals surface area contributed by atoms with Gasteiger partial charge in [0.1, 0.15) is 6.67 Å². The summed E-state index contributed by atoms with van der Waals surface area (Å²) >= 11 is 0. The van der Waals surface area contributed by atoms with Gasteiger partial charge in [-0.15, -0.1) is 0 Å². The average molecular weight is 392 g/mol. The number of amides is 1. The Morgan fingerprint density at radius 3 is 2.11 bits per heavy atom. The average Bonchev–Trinajstić information content (AvgIpc) is 2.69. The summed E-state index contributed by atoms with van der Waals surface area (Å²) in [7, 11) is 0. The molecule has 0 saturated carbocycles. The van der Waals surface area contributed by atoms with Crippen LogP contribution in [0, 0.1) is 5.92 Å². The van der Waals surface area contributed by atoms with Crippen molar-refractivity contribution in [3.63, 3.8) is 0 Å². The van der Waals surface area contributed by atoms with Gasteiger partial charge in [-0.2, -0.15) is 0 Å². The molecule has 28 heavy (non-hydrogen) atoms. The topological polar surface area (TPSA) is 29.1 Å². The lowest BCUT2D eigenvalue weighted by molar-refractivity contribution is -0.121. The van der Waals surface area contributed by atoms with Crippen LogP contribution in [0.25, 0.3) is 0 Å². The maximum absolute atomic E-state index is 11.9. The molecule has 1 amide bonds. The fourth-order valence-electron chi connectivity index (χ4n) is 2.78. The van der Waals surface area contributed by atoms with Crippen LogP contribution in [0.3, 0.4) is 0 Å². The molecular weight excluding hydrogens is 349 g/mol. The summed E-state index contributed by atoms with van der Waals surface area (Å²) in [5, 5.41) is 2.53. The first-order chi connectivity index (χ1) is 13.7. The van der Waals surface area contributed by atoms with Crippen LogP contribution < -0.4 is 5.32 Å². The lowest BCUT2D eigenvalue weighted by Gasteiger charge is -2.06. The Hall–Kier alpha value is -1.64. The summed E-state index contributed by atoms with van der Waals surface area (Å²) in [6.07, 6.45) is 29.3. The van der Waals surface area contributed by atoms with Gasteiger partial charge in [0, 0.05) is 13.0 Å². The fourth-order valence-corrected chi connectivity index (χ4v) is 2.78. The van der Waals surface area contributed by atoms with Gasteiger partial charge in [-0.05, 0) is 44.4 Å². The van der Waals surface area contributed by atoms with E-state index in [1.807, 2.05) is 0 Å². The molecule has 160 valence electrons. The standard InChI is InChI=1S/C25H42FNO/c1-3-4-16-19-24(2)20-17-14-12-10-8-6-5-7-9-11-13-15-18-21-25(28)27-23-22-26/h5,7-8,10-11,13-14,17,24H,3-4,6,9,12,15-16,18-23H2,1-2H3,(H,27,28). The van der Waals surface area contributed by atoms with E-state index in [2.05, 4.69) is 67.8 Å². The molecule has 0 radical (unpaired) electrons. The molecule has 0 aromatic rings. The van der Waals surface area contributed by atoms with Crippen LogP contribution in [0.2, 0.25) is 0 Å². The summed E-state index contributed by atoms with van der Waals surface area (Å²) in [6.45, 7) is 4.24. The van der Waals surface area contributed by atoms with Crippen molar-refractivity contribution >= 4 is 5.91 Å². The van der Waals surface area contributed by atoms with Crippen molar-refractivity contribution in [3.05, 3.63) is 48.6 Å². The third-order valence-electron chi connectivity index (χ3n) is 4.51. The Kier molecular flexibility index (Phi) is 20.4. The van der Waals surface area contributed by atoms with Gasteiger partial charge in [0.2, 0.25) is 5.91 Å². The molecule has 2 nitrogen and oxygen atoms in total. The van der Waals surface area contributed by atoms with E-state index >= 15 is 0 Å². The van der Waals surface area contributed by atoms with Gasteiger partial charge in [0.15, 0.2) is 0 Å². The predicted molar refractivity (Wildman–Crippen MR) is 121 cm³/mol. The first-order valence-corrected chi connectivity index (χ1v) is 11.1. The van der Waals surface area contributed by atoms with Crippen molar-refractivity contribution < 1.29 is 9.18 Å². The molecule has 0 bridgehead atoms. The Balaban J connectivity index is 3.53. The first-order valence-electron chi connectivity index (χ1n) is 11.1. The van der Waals surface area contributed by atoms with E-state index in [0.29, 0.717) is 6.42 Å². The maximum Gasteiger partial charge on any atom is 0.220 e. The molecule has 3 heteroatoms. The minimum Gasteiger partial charge on any atom is -0.353 e. The SMILES string of the molecule is CCCCCC(C)CC=CCC=CCC=CCC=CCCCC(=O)NCCF. The van der Waals surface area contributed by atoms with Crippen molar-refractivity contribution in [2.24, 2.45) is 5.92 Å². The number of nitrogens with one attached hydrogen (secondary N) is 1. The molecule has 0 heterocycles. The zero-order chi connectivity index (χ0) is 20.7. The zero-order valence-corrected chi connectivity index (χ0v) is 18.2. The van der Waals surface area contributed by atoms with E-state index in [-0.39, 0.29) is 12.5 Å². The summed E-state index contributed by atoms with van der Waals surface area (Å²) in [4.78, 5) is 11.3. The van der Waals surface area contributed by atoms with Crippen LogP contribution in [0.5, 0.6) is 0 Å². The van der Waals surface area contributed by atoms with Crippen LogP contribution in [-0.2, 0) is 4.79 Å². The molecular formula is C25H42FNO. The van der Waals surface area contributed by atoms with Crippen molar-refractivity contribution in [1.82, 2.24) is 5.32 Å². The molecule has 0 fully saturated rings. The minimum absolute atomic E-state index is 0.0611. The number of carbonyl (C=O) groups is 1. The Bertz CT molecular complexity index is 465. The normalized spacial score (nSPS) is 13.4. The van der Waals surface area contributed by atoms with Crippen LogP contribution in [0.4, 0.5) is 4.39 Å². The number of alkyl halides is 1. The second-order valence-electron chi connectivity index (χ2n) is 7.36. The van der Waals surface area contributed by atoms with Crippen molar-refractivity contribution in [3.8, 4) is 0 Å². The Labute approximate surface area is 173 Å². The molecule has 0 spiro atoms. The lowest BCUT2D eigenvalue weighted by Crippen LogP contribution is -2.24. The Morgan fingerprint density at radius 2 is 1.50 bits per heavy atom. The second kappa shape index (κ2) is 21.7. The minimum atomic E-state index is -0.498. The van der Waals surface area contributed by atoms with Gasteiger partial charge in [0.25, 0.3) is 0 Å². The number of allylic oxidation sites excluding steroid dienone is 8. The van der Waals surface area contributed by atoms with E-state index in [9.17, 15) is 9.18 Å². The van der Waals surface area contributed by atoms with E-state index in [1.54, 1.807) is 0 Å². The molecule has 1 atom stereocenters. The third kappa shape index (κ3) is 20.7. The summed E-state index contributed by atoms with van der Waals surface area (Å²) < 4.78 is 11.9. The number of hydrogen-bond donors (Lipinski definition) is 1. The van der Waals surface area contributed by atoms with Crippen LogP contribution in [0.15, 0.2) is 48.6 Å². The number of carbonyl (C=O) groups excluding carboxylic acids is 1. The summed E-state index contributed by atoms with van der Waals surface area (Å²) in [5.74, 6) is 0.746. The third-order valence-corrected chi connectivity index (χ3v) is 4.51. The lowest BCUT2D eigenvalue weighted by atomic mass is 10.00. The van der Waals surface area contributed by atoms with E-state index in [0.717, 1.165) is 38.0 Å². The van der Waals surface area contributed by atoms with Crippen molar-refractivity contribution in [1.29, 1.82) is 0 Å². The molecule has 0 rings (SSSR count). The first kappa shape index (κ1) is 26.4. The highest BCUT2D eigenvalue weighted by molar-refractivity contribution is 5.75. The summed E-state index contributed by atoms with van der Waals surface area (Å²) in [5.41, 5.74) is 0. The van der Waals surface area contributed by atoms with Crippen LogP contribution in [0.1, 0.15) is 84.5 Å². The van der Waals surface area contributed by atoms with E-state index in [1.165, 1.54) is 32.1 Å². The summed E-state index contributed by atoms with van der Waals surface area (Å²) in [6, 6.07) is 0. The highest BCUT2D eigenvalue weighted by Gasteiger charge is 1.98. The molecule has 0 aromatic heterocycles. The highest BCUT2D eigenvalue weighted by Crippen LogP contribution is 2.13. The van der Waals surface area contributed by atoms with Gasteiger partial charge >= 0.3 is 0 Å².